The van der Waals surface area contributed by atoms with Crippen LogP contribution in [0.1, 0.15) is 5.56 Å². The number of nitrogens with one attached hydrogen (secondary N) is 1. The van der Waals surface area contributed by atoms with Crippen molar-refractivity contribution in [3.8, 4) is 0 Å². The van der Waals surface area contributed by atoms with E-state index in [9.17, 15) is 14.4 Å². The minimum Gasteiger partial charge on any atom is -0.456 e. The monoisotopic (exact) mass is 618 g/mol. The van der Waals surface area contributed by atoms with E-state index in [1.807, 2.05) is 24.3 Å². The molecule has 1 N–H and O–H groups in total. The second-order valence-corrected chi connectivity index (χ2v) is 11.5. The van der Waals surface area contributed by atoms with Crippen LogP contribution in [-0.4, -0.2) is 55.6 Å². The summed E-state index contributed by atoms with van der Waals surface area (Å²) in [6, 6.07) is 6.64. The molecule has 2 aliphatic heterocycles. The molecule has 3 rings (SSSR count). The van der Waals surface area contributed by atoms with Crippen LogP contribution in [0.2, 0.25) is 0 Å². The lowest BCUT2D eigenvalue weighted by Gasteiger charge is -2.49. The van der Waals surface area contributed by atoms with Gasteiger partial charge in [0.2, 0.25) is 9.70 Å². The number of amides is 2. The van der Waals surface area contributed by atoms with Gasteiger partial charge in [-0.1, -0.05) is 84.9 Å². The molecular weight excluding hydrogens is 606 g/mol. The van der Waals surface area contributed by atoms with E-state index < -0.39 is 27.8 Å². The molecule has 0 aromatic heterocycles. The van der Waals surface area contributed by atoms with Crippen molar-refractivity contribution in [1.29, 1.82) is 0 Å². The lowest BCUT2D eigenvalue weighted by Crippen LogP contribution is -2.70. The SMILES string of the molecule is O=C(Cc1ccccc1Br)N[C@@H]1C(=O)N2C(C(=O)OCC(Cl)(Cl)Cl)=C(CBr)CS[C@@H]12. The molecule has 0 unspecified atom stereocenters. The molecule has 12 heteroatoms. The third-order valence-electron chi connectivity index (χ3n) is 4.39. The smallest absolute Gasteiger partial charge is 0.355 e. The molecular formula is C18H15Br2Cl3N2O4S. The third-order valence-corrected chi connectivity index (χ3v) is 7.51. The number of alkyl halides is 4. The molecule has 30 heavy (non-hydrogen) atoms. The Balaban J connectivity index is 1.69. The molecule has 2 atom stereocenters. The molecule has 0 bridgehead atoms. The highest BCUT2D eigenvalue weighted by molar-refractivity contribution is 9.10. The van der Waals surface area contributed by atoms with Gasteiger partial charge in [0, 0.05) is 15.6 Å². The van der Waals surface area contributed by atoms with Crippen molar-refractivity contribution < 1.29 is 19.1 Å². The van der Waals surface area contributed by atoms with Crippen LogP contribution in [-0.2, 0) is 25.5 Å². The Bertz CT molecular complexity index is 910. The Morgan fingerprint density at radius 2 is 2.00 bits per heavy atom. The Hall–Kier alpha value is -0.450. The fraction of sp³-hybridized carbons (Fsp3) is 0.389. The summed E-state index contributed by atoms with van der Waals surface area (Å²) in [5.74, 6) is -0.912. The number of fused-ring (bicyclic) bond motifs is 1. The number of esters is 1. The highest BCUT2D eigenvalue weighted by Gasteiger charge is 2.54. The molecule has 1 aromatic carbocycles. The van der Waals surface area contributed by atoms with E-state index in [2.05, 4.69) is 37.2 Å². The molecule has 1 aromatic rings. The first-order valence-corrected chi connectivity index (χ1v) is 12.7. The minimum atomic E-state index is -1.76. The van der Waals surface area contributed by atoms with E-state index in [1.165, 1.54) is 16.7 Å². The Kier molecular flexibility index (Phi) is 8.07. The fourth-order valence-electron chi connectivity index (χ4n) is 3.03. The average molecular weight is 622 g/mol. The average Bonchev–Trinajstić information content (AvgIpc) is 2.70. The third kappa shape index (κ3) is 5.48. The largest absolute Gasteiger partial charge is 0.456 e. The quantitative estimate of drug-likeness (QED) is 0.296. The second kappa shape index (κ2) is 10.0. The van der Waals surface area contributed by atoms with Gasteiger partial charge >= 0.3 is 5.97 Å². The van der Waals surface area contributed by atoms with Crippen LogP contribution in [0.3, 0.4) is 0 Å². The Morgan fingerprint density at radius 3 is 2.63 bits per heavy atom. The molecule has 6 nitrogen and oxygen atoms in total. The summed E-state index contributed by atoms with van der Waals surface area (Å²) in [5.41, 5.74) is 1.63. The van der Waals surface area contributed by atoms with Crippen LogP contribution in [0.5, 0.6) is 0 Å². The van der Waals surface area contributed by atoms with Crippen LogP contribution < -0.4 is 5.32 Å². The second-order valence-electron chi connectivity index (χ2n) is 6.50. The number of rotatable bonds is 6. The lowest BCUT2D eigenvalue weighted by molar-refractivity contribution is -0.152. The summed E-state index contributed by atoms with van der Waals surface area (Å²) in [7, 11) is 0. The maximum absolute atomic E-state index is 12.8. The van der Waals surface area contributed by atoms with E-state index in [4.69, 9.17) is 39.5 Å². The summed E-state index contributed by atoms with van der Waals surface area (Å²) in [5, 5.41) is 2.75. The van der Waals surface area contributed by atoms with Crippen molar-refractivity contribution in [2.24, 2.45) is 0 Å². The van der Waals surface area contributed by atoms with Crippen molar-refractivity contribution >= 4 is 96.2 Å². The van der Waals surface area contributed by atoms with Crippen molar-refractivity contribution in [3.05, 3.63) is 45.6 Å². The number of hydrogen-bond donors (Lipinski definition) is 1. The zero-order valence-corrected chi connectivity index (χ0v) is 21.4. The zero-order chi connectivity index (χ0) is 22.1. The highest BCUT2D eigenvalue weighted by atomic mass is 79.9. The molecule has 2 amide bonds. The Labute approximate surface area is 209 Å². The molecule has 2 aliphatic rings. The predicted octanol–water partition coefficient (Wildman–Crippen LogP) is 3.95. The summed E-state index contributed by atoms with van der Waals surface area (Å²) >= 11 is 25.1. The van der Waals surface area contributed by atoms with E-state index in [-0.39, 0.29) is 23.9 Å². The molecule has 0 saturated carbocycles. The number of hydrogen-bond acceptors (Lipinski definition) is 5. The van der Waals surface area contributed by atoms with Crippen molar-refractivity contribution in [1.82, 2.24) is 10.2 Å². The van der Waals surface area contributed by atoms with Crippen LogP contribution >= 0.6 is 78.4 Å². The van der Waals surface area contributed by atoms with Crippen LogP contribution in [0, 0.1) is 0 Å². The van der Waals surface area contributed by atoms with Crippen LogP contribution in [0.25, 0.3) is 0 Å². The first kappa shape index (κ1) is 24.2. The van der Waals surface area contributed by atoms with Crippen molar-refractivity contribution in [2.45, 2.75) is 21.6 Å². The highest BCUT2D eigenvalue weighted by Crippen LogP contribution is 2.41. The normalized spacial score (nSPS) is 21.1. The fourth-order valence-corrected chi connectivity index (χ4v) is 5.69. The van der Waals surface area contributed by atoms with Crippen molar-refractivity contribution in [2.75, 3.05) is 17.7 Å². The molecule has 0 radical (unpaired) electrons. The van der Waals surface area contributed by atoms with E-state index in [1.54, 1.807) is 0 Å². The molecule has 1 saturated heterocycles. The molecule has 1 fully saturated rings. The first-order valence-electron chi connectivity index (χ1n) is 8.61. The van der Waals surface area contributed by atoms with Gasteiger partial charge in [0.1, 0.15) is 23.7 Å². The van der Waals surface area contributed by atoms with Crippen LogP contribution in [0.15, 0.2) is 40.0 Å². The van der Waals surface area contributed by atoms with Crippen LogP contribution in [0.4, 0.5) is 0 Å². The van der Waals surface area contributed by atoms with E-state index in [0.717, 1.165) is 10.0 Å². The minimum absolute atomic E-state index is 0.128. The zero-order valence-electron chi connectivity index (χ0n) is 15.2. The van der Waals surface area contributed by atoms with Gasteiger partial charge in [-0.3, -0.25) is 14.5 Å². The van der Waals surface area contributed by atoms with Gasteiger partial charge < -0.3 is 10.1 Å². The molecule has 0 spiro atoms. The summed E-state index contributed by atoms with van der Waals surface area (Å²) in [6.45, 7) is -0.443. The molecule has 2 heterocycles. The predicted molar refractivity (Wildman–Crippen MR) is 125 cm³/mol. The van der Waals surface area contributed by atoms with Gasteiger partial charge in [0.25, 0.3) is 5.91 Å². The number of ether oxygens (including phenoxy) is 1. The topological polar surface area (TPSA) is 75.7 Å². The maximum Gasteiger partial charge on any atom is 0.355 e. The lowest BCUT2D eigenvalue weighted by atomic mass is 10.0. The van der Waals surface area contributed by atoms with E-state index in [0.29, 0.717) is 16.7 Å². The number of thioether (sulfide) groups is 1. The first-order chi connectivity index (χ1) is 14.1. The van der Waals surface area contributed by atoms with E-state index >= 15 is 0 Å². The number of carbonyl (C=O) groups excluding carboxylic acids is 3. The number of carbonyl (C=O) groups is 3. The number of nitrogens with zero attached hydrogens (tertiary/aromatic N) is 1. The maximum atomic E-state index is 12.8. The van der Waals surface area contributed by atoms with Gasteiger partial charge in [-0.2, -0.15) is 0 Å². The summed E-state index contributed by atoms with van der Waals surface area (Å²) in [6.07, 6.45) is 0.128. The summed E-state index contributed by atoms with van der Waals surface area (Å²) in [4.78, 5) is 39.2. The standard InChI is InChI=1S/C18H15Br2Cl3N2O4S/c19-6-10-7-30-16-13(24-12(26)5-9-3-1-2-4-11(9)20)15(27)25(16)14(10)17(28)29-8-18(21,22)23/h1-4,13,16H,5-8H2,(H,24,26)/t13-,16+/m1/s1. The number of β-lactam (4-membered cyclic amide) rings is 1. The van der Waals surface area contributed by atoms with Gasteiger partial charge in [0.15, 0.2) is 0 Å². The summed E-state index contributed by atoms with van der Waals surface area (Å²) < 4.78 is 4.14. The van der Waals surface area contributed by atoms with Gasteiger partial charge in [-0.05, 0) is 17.2 Å². The number of benzene rings is 1. The van der Waals surface area contributed by atoms with Crippen molar-refractivity contribution in [3.63, 3.8) is 0 Å². The van der Waals surface area contributed by atoms with Gasteiger partial charge in [-0.25, -0.2) is 4.79 Å². The molecule has 162 valence electrons. The Morgan fingerprint density at radius 1 is 1.30 bits per heavy atom. The van der Waals surface area contributed by atoms with Gasteiger partial charge in [-0.15, -0.1) is 11.8 Å². The van der Waals surface area contributed by atoms with Gasteiger partial charge in [0.05, 0.1) is 6.42 Å². The number of halogens is 5. The molecule has 0 aliphatic carbocycles.